The summed E-state index contributed by atoms with van der Waals surface area (Å²) in [4.78, 5) is 25.6. The molecule has 0 bridgehead atoms. The zero-order valence-electron chi connectivity index (χ0n) is 13.4. The van der Waals surface area contributed by atoms with Crippen molar-refractivity contribution < 1.29 is 9.59 Å². The van der Waals surface area contributed by atoms with Crippen LogP contribution in [-0.2, 0) is 4.79 Å². The van der Waals surface area contributed by atoms with Crippen LogP contribution in [0.1, 0.15) is 45.4 Å². The van der Waals surface area contributed by atoms with E-state index >= 15 is 0 Å². The maximum atomic E-state index is 12.6. The van der Waals surface area contributed by atoms with Gasteiger partial charge in [0.05, 0.1) is 16.1 Å². The fourth-order valence-corrected chi connectivity index (χ4v) is 3.73. The van der Waals surface area contributed by atoms with E-state index < -0.39 is 0 Å². The van der Waals surface area contributed by atoms with Gasteiger partial charge in [0.1, 0.15) is 6.29 Å². The van der Waals surface area contributed by atoms with Crippen molar-refractivity contribution in [1.82, 2.24) is 4.90 Å². The molecule has 0 aliphatic carbocycles. The first-order chi connectivity index (χ1) is 11.4. The summed E-state index contributed by atoms with van der Waals surface area (Å²) >= 11 is 12.2. The Morgan fingerprint density at radius 1 is 1.17 bits per heavy atom. The number of hydrogen-bond acceptors (Lipinski definition) is 2. The molecular weight excluding hydrogens is 345 g/mol. The van der Waals surface area contributed by atoms with Crippen molar-refractivity contribution in [3.8, 4) is 0 Å². The second kappa shape index (κ2) is 6.58. The molecule has 24 heavy (non-hydrogen) atoms. The number of carbonyl (C=O) groups excluding carboxylic acids is 2. The predicted octanol–water partition coefficient (Wildman–Crippen LogP) is 4.80. The molecule has 0 aromatic heterocycles. The first-order valence-corrected chi connectivity index (χ1v) is 8.46. The van der Waals surface area contributed by atoms with E-state index in [2.05, 4.69) is 0 Å². The maximum Gasteiger partial charge on any atom is 0.254 e. The molecule has 1 heterocycles. The fourth-order valence-electron chi connectivity index (χ4n) is 3.42. The smallest absolute Gasteiger partial charge is 0.254 e. The van der Waals surface area contributed by atoms with Crippen molar-refractivity contribution in [2.45, 2.75) is 25.3 Å². The van der Waals surface area contributed by atoms with E-state index in [1.165, 1.54) is 0 Å². The third kappa shape index (κ3) is 2.83. The highest BCUT2D eigenvalue weighted by Crippen LogP contribution is 2.44. The average molecular weight is 362 g/mol. The Morgan fingerprint density at radius 2 is 1.92 bits per heavy atom. The zero-order valence-corrected chi connectivity index (χ0v) is 14.9. The third-order valence-electron chi connectivity index (χ3n) is 4.60. The van der Waals surface area contributed by atoms with Crippen molar-refractivity contribution in [1.29, 1.82) is 0 Å². The van der Waals surface area contributed by atoms with Crippen molar-refractivity contribution in [3.05, 3.63) is 68.7 Å². The lowest BCUT2D eigenvalue weighted by Crippen LogP contribution is -2.28. The minimum absolute atomic E-state index is 0.0188. The summed E-state index contributed by atoms with van der Waals surface area (Å²) in [5.41, 5.74) is 3.59. The molecule has 3 rings (SSSR count). The number of benzene rings is 2. The molecule has 2 aromatic rings. The van der Waals surface area contributed by atoms with Gasteiger partial charge in [0.15, 0.2) is 0 Å². The highest BCUT2D eigenvalue weighted by atomic mass is 35.5. The SMILES string of the molecule is Cc1ccc2c(c1)C(=O)N(C)C2C(CC=O)c1ccc(Cl)c(Cl)c1. The Hall–Kier alpha value is -1.84. The predicted molar refractivity (Wildman–Crippen MR) is 95.9 cm³/mol. The summed E-state index contributed by atoms with van der Waals surface area (Å²) in [7, 11) is 1.78. The fraction of sp³-hybridized carbons (Fsp3) is 0.263. The molecule has 0 fully saturated rings. The third-order valence-corrected chi connectivity index (χ3v) is 5.34. The largest absolute Gasteiger partial charge is 0.334 e. The highest BCUT2D eigenvalue weighted by molar-refractivity contribution is 6.42. The van der Waals surface area contributed by atoms with Crippen molar-refractivity contribution in [2.24, 2.45) is 0 Å². The second-order valence-corrected chi connectivity index (χ2v) is 6.95. The molecule has 0 saturated heterocycles. The van der Waals surface area contributed by atoms with Crippen LogP contribution in [0.25, 0.3) is 0 Å². The maximum absolute atomic E-state index is 12.6. The highest BCUT2D eigenvalue weighted by Gasteiger charge is 2.39. The Morgan fingerprint density at radius 3 is 2.58 bits per heavy atom. The summed E-state index contributed by atoms with van der Waals surface area (Å²) in [6.07, 6.45) is 1.19. The first kappa shape index (κ1) is 17.0. The molecule has 2 unspecified atom stereocenters. The summed E-state index contributed by atoms with van der Waals surface area (Å²) < 4.78 is 0. The molecule has 5 heteroatoms. The van der Waals surface area contributed by atoms with Gasteiger partial charge in [-0.3, -0.25) is 4.79 Å². The van der Waals surface area contributed by atoms with E-state index in [1.807, 2.05) is 31.2 Å². The van der Waals surface area contributed by atoms with E-state index in [4.69, 9.17) is 23.2 Å². The van der Waals surface area contributed by atoms with Crippen molar-refractivity contribution in [2.75, 3.05) is 7.05 Å². The Bertz CT molecular complexity index is 819. The van der Waals surface area contributed by atoms with E-state index in [1.54, 1.807) is 24.1 Å². The van der Waals surface area contributed by atoms with Crippen LogP contribution in [0.2, 0.25) is 10.0 Å². The van der Waals surface area contributed by atoms with E-state index in [9.17, 15) is 9.59 Å². The number of rotatable bonds is 4. The Balaban J connectivity index is 2.11. The molecule has 0 spiro atoms. The monoisotopic (exact) mass is 361 g/mol. The van der Waals surface area contributed by atoms with Gasteiger partial charge in [0.2, 0.25) is 0 Å². The molecular formula is C19H17Cl2NO2. The van der Waals surface area contributed by atoms with E-state index in [-0.39, 0.29) is 17.9 Å². The Kier molecular flexibility index (Phi) is 4.66. The number of amides is 1. The minimum Gasteiger partial charge on any atom is -0.334 e. The number of nitrogens with zero attached hydrogens (tertiary/aromatic N) is 1. The van der Waals surface area contributed by atoms with Crippen molar-refractivity contribution >= 4 is 35.4 Å². The molecule has 1 aliphatic rings. The molecule has 0 saturated carbocycles. The van der Waals surface area contributed by atoms with Crippen molar-refractivity contribution in [3.63, 3.8) is 0 Å². The van der Waals surface area contributed by atoms with Crippen LogP contribution in [0.5, 0.6) is 0 Å². The topological polar surface area (TPSA) is 37.4 Å². The number of carbonyl (C=O) groups is 2. The van der Waals surface area contributed by atoms with Gasteiger partial charge in [-0.1, -0.05) is 47.0 Å². The average Bonchev–Trinajstić information content (AvgIpc) is 2.79. The molecule has 0 radical (unpaired) electrons. The Labute approximate surface area is 151 Å². The van der Waals surface area contributed by atoms with Crippen LogP contribution in [-0.4, -0.2) is 24.1 Å². The van der Waals surface area contributed by atoms with Crippen LogP contribution in [0.3, 0.4) is 0 Å². The molecule has 2 atom stereocenters. The lowest BCUT2D eigenvalue weighted by molar-refractivity contribution is -0.108. The summed E-state index contributed by atoms with van der Waals surface area (Å²) in [5, 5.41) is 0.915. The van der Waals surface area contributed by atoms with Crippen LogP contribution in [0, 0.1) is 6.92 Å². The van der Waals surface area contributed by atoms with Gasteiger partial charge in [0.25, 0.3) is 5.91 Å². The number of likely N-dealkylation sites (N-methyl/N-ethyl adjacent to an activating group) is 1. The molecule has 1 amide bonds. The lowest BCUT2D eigenvalue weighted by atomic mass is 9.84. The number of halogens is 2. The number of hydrogen-bond donors (Lipinski definition) is 0. The van der Waals surface area contributed by atoms with Gasteiger partial charge in [-0.05, 0) is 36.2 Å². The summed E-state index contributed by atoms with van der Waals surface area (Å²) in [6, 6.07) is 11.0. The van der Waals surface area contributed by atoms with Gasteiger partial charge in [0, 0.05) is 24.9 Å². The standard InChI is InChI=1S/C19H17Cl2NO2/c1-11-3-5-14-15(9-11)19(24)22(2)18(14)13(7-8-23)12-4-6-16(20)17(21)10-12/h3-6,8-10,13,18H,7H2,1-2H3. The minimum atomic E-state index is -0.199. The summed E-state index contributed by atoms with van der Waals surface area (Å²) in [6.45, 7) is 1.96. The molecule has 124 valence electrons. The van der Waals surface area contributed by atoms with Crippen LogP contribution in [0.15, 0.2) is 36.4 Å². The molecule has 0 N–H and O–H groups in total. The van der Waals surface area contributed by atoms with Gasteiger partial charge >= 0.3 is 0 Å². The lowest BCUT2D eigenvalue weighted by Gasteiger charge is -2.29. The van der Waals surface area contributed by atoms with Crippen LogP contribution < -0.4 is 0 Å². The van der Waals surface area contributed by atoms with Crippen LogP contribution >= 0.6 is 23.2 Å². The molecule has 2 aromatic carbocycles. The van der Waals surface area contributed by atoms with E-state index in [0.717, 1.165) is 23.0 Å². The number of aldehydes is 1. The number of aryl methyl sites for hydroxylation is 1. The normalized spacial score (nSPS) is 17.8. The molecule has 1 aliphatic heterocycles. The van der Waals surface area contributed by atoms with Gasteiger partial charge in [-0.25, -0.2) is 0 Å². The molecule has 3 nitrogen and oxygen atoms in total. The summed E-state index contributed by atoms with van der Waals surface area (Å²) in [5.74, 6) is -0.190. The van der Waals surface area contributed by atoms with E-state index in [0.29, 0.717) is 22.0 Å². The quantitative estimate of drug-likeness (QED) is 0.733. The van der Waals surface area contributed by atoms with Gasteiger partial charge in [-0.15, -0.1) is 0 Å². The number of fused-ring (bicyclic) bond motifs is 1. The zero-order chi connectivity index (χ0) is 17.4. The first-order valence-electron chi connectivity index (χ1n) is 7.70. The van der Waals surface area contributed by atoms with Crippen LogP contribution in [0.4, 0.5) is 0 Å². The second-order valence-electron chi connectivity index (χ2n) is 6.13. The van der Waals surface area contributed by atoms with Gasteiger partial charge < -0.3 is 9.69 Å². The van der Waals surface area contributed by atoms with Gasteiger partial charge in [-0.2, -0.15) is 0 Å².